The Hall–Kier alpha value is -4.37. The highest BCUT2D eigenvalue weighted by Crippen LogP contribution is 2.54. The van der Waals surface area contributed by atoms with E-state index in [1.165, 1.54) is 36.6 Å². The van der Waals surface area contributed by atoms with E-state index in [0.29, 0.717) is 0 Å². The second kappa shape index (κ2) is 9.98. The summed E-state index contributed by atoms with van der Waals surface area (Å²) in [5.74, 6) is 2.21. The topological polar surface area (TPSA) is 38.7 Å². The van der Waals surface area contributed by atoms with Gasteiger partial charge in [0.25, 0.3) is 0 Å². The van der Waals surface area contributed by atoms with Gasteiger partial charge in [-0.2, -0.15) is 0 Å². The first kappa shape index (κ1) is 24.7. The molecule has 0 spiro atoms. The molecule has 0 atom stereocenters. The lowest BCUT2D eigenvalue weighted by Gasteiger charge is -2.35. The van der Waals surface area contributed by atoms with Gasteiger partial charge < -0.3 is 0 Å². The van der Waals surface area contributed by atoms with E-state index in [1.54, 1.807) is 0 Å². The molecule has 192 valence electrons. The van der Waals surface area contributed by atoms with Gasteiger partial charge in [-0.15, -0.1) is 7.08 Å². The standard InChI is InChI=1S/C35H28N3PSi/c1-25-36-26(2)38-35(37-25)27-14-13-19-30(24-27)40(28-15-5-3-6-16-28,29-17-7-4-8-18-29)39-33-22-11-9-20-31(33)32-21-10-12-23-34(32)39/h3-24H,1-2H3. The molecule has 40 heavy (non-hydrogen) atoms. The van der Waals surface area contributed by atoms with E-state index in [9.17, 15) is 0 Å². The number of hydrogen-bond donors (Lipinski definition) is 0. The fourth-order valence-electron chi connectivity index (χ4n) is 6.16. The fraction of sp³-hybridized carbons (Fsp3) is 0.0571. The first-order valence-corrected chi connectivity index (χ1v) is 17.7. The molecule has 7 rings (SSSR count). The third-order valence-electron chi connectivity index (χ3n) is 7.70. The molecule has 0 radical (unpaired) electrons. The van der Waals surface area contributed by atoms with Crippen molar-refractivity contribution in [2.45, 2.75) is 13.8 Å². The Morgan fingerprint density at radius 3 is 1.50 bits per heavy atom. The second-order valence-electron chi connectivity index (χ2n) is 10.1. The summed E-state index contributed by atoms with van der Waals surface area (Å²) >= 11 is 0. The zero-order valence-electron chi connectivity index (χ0n) is 22.5. The minimum absolute atomic E-state index is 0.732. The van der Waals surface area contributed by atoms with Crippen LogP contribution < -0.4 is 15.6 Å². The molecule has 0 amide bonds. The molecular formula is C35H28N3PSi. The molecule has 0 aliphatic carbocycles. The number of benzene rings is 5. The van der Waals surface area contributed by atoms with Crippen molar-refractivity contribution in [2.24, 2.45) is 0 Å². The van der Waals surface area contributed by atoms with Gasteiger partial charge in [0, 0.05) is 5.56 Å². The van der Waals surface area contributed by atoms with E-state index in [-0.39, 0.29) is 0 Å². The smallest absolute Gasteiger partial charge is 0.200 e. The van der Waals surface area contributed by atoms with E-state index in [2.05, 4.69) is 138 Å². The maximum absolute atomic E-state index is 4.74. The number of aryl methyl sites for hydroxylation is 2. The molecule has 0 fully saturated rings. The zero-order chi connectivity index (χ0) is 27.1. The largest absolute Gasteiger partial charge is 0.219 e. The molecule has 3 nitrogen and oxygen atoms in total. The van der Waals surface area contributed by atoms with Crippen molar-refractivity contribution in [3.05, 3.63) is 145 Å². The minimum Gasteiger partial charge on any atom is -0.219 e. The molecule has 0 bridgehead atoms. The molecule has 7 aromatic rings. The molecule has 0 aliphatic rings. The van der Waals surface area contributed by atoms with Crippen LogP contribution in [0.5, 0.6) is 0 Å². The predicted octanol–water partition coefficient (Wildman–Crippen LogP) is 6.96. The van der Waals surface area contributed by atoms with Gasteiger partial charge in [-0.25, -0.2) is 15.0 Å². The third-order valence-corrected chi connectivity index (χ3v) is 19.4. The quantitative estimate of drug-likeness (QED) is 0.172. The molecule has 5 heteroatoms. The molecular weight excluding hydrogens is 521 g/mol. The second-order valence-corrected chi connectivity index (χ2v) is 18.3. The Morgan fingerprint density at radius 2 is 0.950 bits per heavy atom. The van der Waals surface area contributed by atoms with Gasteiger partial charge in [0.2, 0.25) is 7.74 Å². The summed E-state index contributed by atoms with van der Waals surface area (Å²) in [6.07, 6.45) is 0. The average molecular weight is 550 g/mol. The van der Waals surface area contributed by atoms with Gasteiger partial charge in [0.15, 0.2) is 5.82 Å². The van der Waals surface area contributed by atoms with Crippen molar-refractivity contribution < 1.29 is 0 Å². The van der Waals surface area contributed by atoms with Crippen LogP contribution in [0.1, 0.15) is 11.6 Å². The van der Waals surface area contributed by atoms with Gasteiger partial charge in [-0.05, 0) is 50.4 Å². The maximum atomic E-state index is 4.74. The number of aromatic nitrogens is 3. The highest BCUT2D eigenvalue weighted by atomic mass is 31.4. The van der Waals surface area contributed by atoms with Crippen LogP contribution in [-0.4, -0.2) is 22.7 Å². The monoisotopic (exact) mass is 549 g/mol. The summed E-state index contributed by atoms with van der Waals surface area (Å²) in [7, 11) is -3.45. The third kappa shape index (κ3) is 3.91. The first-order chi connectivity index (χ1) is 19.7. The van der Waals surface area contributed by atoms with Crippen LogP contribution in [0.4, 0.5) is 0 Å². The molecule has 0 N–H and O–H groups in total. The van der Waals surface area contributed by atoms with Crippen molar-refractivity contribution in [2.75, 3.05) is 0 Å². The van der Waals surface area contributed by atoms with Crippen LogP contribution in [0.15, 0.2) is 133 Å². The maximum Gasteiger partial charge on any atom is 0.200 e. The molecule has 2 aromatic heterocycles. The Balaban J connectivity index is 1.67. The van der Waals surface area contributed by atoms with Crippen molar-refractivity contribution in [3.8, 4) is 11.4 Å². The predicted molar refractivity (Wildman–Crippen MR) is 172 cm³/mol. The van der Waals surface area contributed by atoms with Gasteiger partial charge >= 0.3 is 0 Å². The molecule has 2 heterocycles. The summed E-state index contributed by atoms with van der Waals surface area (Å²) < 4.78 is 0. The van der Waals surface area contributed by atoms with E-state index < -0.39 is 14.8 Å². The van der Waals surface area contributed by atoms with Gasteiger partial charge in [0.05, 0.1) is 0 Å². The summed E-state index contributed by atoms with van der Waals surface area (Å²) in [6.45, 7) is 3.87. The normalized spacial score (nSPS) is 11.8. The Bertz CT molecular complexity index is 1870. The molecule has 0 saturated carbocycles. The van der Waals surface area contributed by atoms with Crippen molar-refractivity contribution in [3.63, 3.8) is 0 Å². The van der Waals surface area contributed by atoms with Crippen molar-refractivity contribution >= 4 is 51.4 Å². The Kier molecular flexibility index (Phi) is 6.15. The minimum atomic E-state index is -2.69. The average Bonchev–Trinajstić information content (AvgIpc) is 3.33. The van der Waals surface area contributed by atoms with E-state index >= 15 is 0 Å². The highest BCUT2D eigenvalue weighted by molar-refractivity contribution is 8.02. The van der Waals surface area contributed by atoms with Crippen molar-refractivity contribution in [1.29, 1.82) is 0 Å². The summed E-state index contributed by atoms with van der Waals surface area (Å²) in [5, 5.41) is 9.87. The number of rotatable bonds is 5. The molecule has 0 aliphatic heterocycles. The van der Waals surface area contributed by atoms with Gasteiger partial charge in [-0.1, -0.05) is 133 Å². The molecule has 0 unspecified atom stereocenters. The Morgan fingerprint density at radius 1 is 0.475 bits per heavy atom. The lowest BCUT2D eigenvalue weighted by Crippen LogP contribution is -2.64. The zero-order valence-corrected chi connectivity index (χ0v) is 24.4. The van der Waals surface area contributed by atoms with Crippen LogP contribution in [0, 0.1) is 13.8 Å². The SMILES string of the molecule is Cc1nc(C)nc(-c2cccc([Si](c3ccccc3)(c3ccccc3)p3c4ccccc4c4ccccc43)c2)n1. The Labute approximate surface area is 236 Å². The summed E-state index contributed by atoms with van der Waals surface area (Å²) in [5.41, 5.74) is 1.03. The van der Waals surface area contributed by atoms with Crippen molar-refractivity contribution in [1.82, 2.24) is 15.0 Å². The van der Waals surface area contributed by atoms with Crippen LogP contribution >= 0.6 is 7.08 Å². The number of nitrogens with zero attached hydrogens (tertiary/aromatic N) is 3. The van der Waals surface area contributed by atoms with Gasteiger partial charge in [0.1, 0.15) is 11.6 Å². The van der Waals surface area contributed by atoms with Crippen LogP contribution in [0.25, 0.3) is 32.4 Å². The number of fused-ring (bicyclic) bond motifs is 3. The van der Waals surface area contributed by atoms with E-state index in [4.69, 9.17) is 9.97 Å². The summed E-state index contributed by atoms with van der Waals surface area (Å²) in [4.78, 5) is 13.9. The van der Waals surface area contributed by atoms with Crippen LogP contribution in [0.3, 0.4) is 0 Å². The lowest BCUT2D eigenvalue weighted by molar-refractivity contribution is 0.929. The lowest BCUT2D eigenvalue weighted by atomic mass is 10.2. The molecule has 5 aromatic carbocycles. The van der Waals surface area contributed by atoms with E-state index in [1.807, 2.05) is 13.8 Å². The summed E-state index contributed by atoms with van der Waals surface area (Å²) in [6, 6.07) is 49.7. The van der Waals surface area contributed by atoms with Gasteiger partial charge in [-0.3, -0.25) is 0 Å². The van der Waals surface area contributed by atoms with Crippen LogP contribution in [0.2, 0.25) is 0 Å². The molecule has 0 saturated heterocycles. The highest BCUT2D eigenvalue weighted by Gasteiger charge is 2.44. The fourth-order valence-corrected chi connectivity index (χ4v) is 19.3. The number of hydrogen-bond acceptors (Lipinski definition) is 3. The van der Waals surface area contributed by atoms with E-state index in [0.717, 1.165) is 23.0 Å². The van der Waals surface area contributed by atoms with Crippen LogP contribution in [-0.2, 0) is 0 Å². The first-order valence-electron chi connectivity index (χ1n) is 13.6.